The second-order valence-electron chi connectivity index (χ2n) is 3.48. The molecule has 18 heavy (non-hydrogen) atoms. The van der Waals surface area contributed by atoms with Crippen molar-refractivity contribution in [3.05, 3.63) is 35.1 Å². The van der Waals surface area contributed by atoms with E-state index < -0.39 is 23.6 Å². The molecule has 0 aliphatic rings. The molecule has 98 valence electrons. The summed E-state index contributed by atoms with van der Waals surface area (Å²) in [4.78, 5) is 0. The molecule has 3 nitrogen and oxygen atoms in total. The van der Waals surface area contributed by atoms with Crippen molar-refractivity contribution in [3.63, 3.8) is 0 Å². The second kappa shape index (κ2) is 5.80. The molecule has 0 spiro atoms. The third-order valence-corrected chi connectivity index (χ3v) is 2.22. The Hall–Kier alpha value is -1.65. The molecule has 0 amide bonds. The van der Waals surface area contributed by atoms with Gasteiger partial charge in [0.2, 0.25) is 0 Å². The molecule has 1 unspecified atom stereocenters. The molecule has 0 heterocycles. The van der Waals surface area contributed by atoms with E-state index in [9.17, 15) is 17.6 Å². The first kappa shape index (κ1) is 14.4. The van der Waals surface area contributed by atoms with Crippen molar-refractivity contribution >= 4 is 0 Å². The number of nitrogens with one attached hydrogen (secondary N) is 1. The van der Waals surface area contributed by atoms with Gasteiger partial charge in [0, 0.05) is 6.54 Å². The van der Waals surface area contributed by atoms with Crippen molar-refractivity contribution in [1.82, 2.24) is 5.32 Å². The Kier molecular flexibility index (Phi) is 4.64. The van der Waals surface area contributed by atoms with Crippen LogP contribution in [0.5, 0.6) is 0 Å². The van der Waals surface area contributed by atoms with Crippen LogP contribution in [0.25, 0.3) is 0 Å². The smallest absolute Gasteiger partial charge is 0.395 e. The number of aliphatic hydroxyl groups is 1. The van der Waals surface area contributed by atoms with Crippen molar-refractivity contribution in [3.8, 4) is 6.07 Å². The van der Waals surface area contributed by atoms with Crippen LogP contribution in [-0.4, -0.2) is 18.3 Å². The third kappa shape index (κ3) is 3.42. The number of halogens is 4. The molecule has 0 aromatic heterocycles. The lowest BCUT2D eigenvalue weighted by atomic mass is 10.0. The molecule has 0 saturated carbocycles. The number of hydrogen-bond donors (Lipinski definition) is 2. The van der Waals surface area contributed by atoms with Gasteiger partial charge in [0.1, 0.15) is 11.9 Å². The molecule has 0 aliphatic carbocycles. The highest BCUT2D eigenvalue weighted by molar-refractivity contribution is 5.32. The van der Waals surface area contributed by atoms with E-state index in [1.807, 2.05) is 0 Å². The SMILES string of the molecule is N#CC(NCCO)c1ccc(F)c(C(F)(F)F)c1. The maximum absolute atomic E-state index is 13.0. The highest BCUT2D eigenvalue weighted by atomic mass is 19.4. The largest absolute Gasteiger partial charge is 0.419 e. The van der Waals surface area contributed by atoms with Gasteiger partial charge in [-0.3, -0.25) is 5.32 Å². The van der Waals surface area contributed by atoms with E-state index >= 15 is 0 Å². The molecule has 0 bridgehead atoms. The van der Waals surface area contributed by atoms with E-state index in [4.69, 9.17) is 10.4 Å². The number of benzene rings is 1. The van der Waals surface area contributed by atoms with E-state index in [1.54, 1.807) is 6.07 Å². The molecule has 1 aromatic rings. The van der Waals surface area contributed by atoms with Gasteiger partial charge in [-0.2, -0.15) is 18.4 Å². The Morgan fingerprint density at radius 3 is 2.56 bits per heavy atom. The number of alkyl halides is 3. The van der Waals surface area contributed by atoms with Crippen molar-refractivity contribution in [2.75, 3.05) is 13.2 Å². The van der Waals surface area contributed by atoms with E-state index in [0.717, 1.165) is 6.07 Å². The molecule has 0 radical (unpaired) electrons. The lowest BCUT2D eigenvalue weighted by Gasteiger charge is -2.14. The molecule has 2 N–H and O–H groups in total. The topological polar surface area (TPSA) is 56.0 Å². The normalized spacial score (nSPS) is 13.1. The molecule has 0 saturated heterocycles. The maximum Gasteiger partial charge on any atom is 0.419 e. The van der Waals surface area contributed by atoms with Crippen molar-refractivity contribution in [1.29, 1.82) is 5.26 Å². The highest BCUT2D eigenvalue weighted by Gasteiger charge is 2.34. The fourth-order valence-electron chi connectivity index (χ4n) is 1.39. The summed E-state index contributed by atoms with van der Waals surface area (Å²) in [5.41, 5.74) is -1.41. The molecule has 0 fully saturated rings. The van der Waals surface area contributed by atoms with Crippen LogP contribution in [-0.2, 0) is 6.18 Å². The fraction of sp³-hybridized carbons (Fsp3) is 0.364. The quantitative estimate of drug-likeness (QED) is 0.816. The predicted molar refractivity (Wildman–Crippen MR) is 54.8 cm³/mol. The summed E-state index contributed by atoms with van der Waals surface area (Å²) in [7, 11) is 0. The summed E-state index contributed by atoms with van der Waals surface area (Å²) in [5.74, 6) is -1.38. The van der Waals surface area contributed by atoms with E-state index in [-0.39, 0.29) is 18.7 Å². The lowest BCUT2D eigenvalue weighted by molar-refractivity contribution is -0.140. The van der Waals surface area contributed by atoms with Crippen LogP contribution in [0, 0.1) is 17.1 Å². The minimum absolute atomic E-state index is 0.000301. The molecular formula is C11H10F4N2O. The van der Waals surface area contributed by atoms with Crippen LogP contribution >= 0.6 is 0 Å². The third-order valence-electron chi connectivity index (χ3n) is 2.22. The zero-order chi connectivity index (χ0) is 13.8. The first-order chi connectivity index (χ1) is 8.40. The second-order valence-corrected chi connectivity index (χ2v) is 3.48. The predicted octanol–water partition coefficient (Wildman–Crippen LogP) is 1.99. The van der Waals surface area contributed by atoms with Gasteiger partial charge in [0.25, 0.3) is 0 Å². The molecular weight excluding hydrogens is 252 g/mol. The van der Waals surface area contributed by atoms with Gasteiger partial charge in [0.05, 0.1) is 18.2 Å². The summed E-state index contributed by atoms with van der Waals surface area (Å²) < 4.78 is 50.4. The molecule has 1 rings (SSSR count). The van der Waals surface area contributed by atoms with E-state index in [0.29, 0.717) is 12.1 Å². The Labute approximate surface area is 101 Å². The van der Waals surface area contributed by atoms with Crippen LogP contribution < -0.4 is 5.32 Å². The number of nitriles is 1. The van der Waals surface area contributed by atoms with Crippen molar-refractivity contribution in [2.24, 2.45) is 0 Å². The van der Waals surface area contributed by atoms with Gasteiger partial charge in [-0.05, 0) is 17.7 Å². The lowest BCUT2D eigenvalue weighted by Crippen LogP contribution is -2.23. The minimum Gasteiger partial charge on any atom is -0.395 e. The zero-order valence-corrected chi connectivity index (χ0v) is 9.13. The number of rotatable bonds is 4. The van der Waals surface area contributed by atoms with Gasteiger partial charge in [-0.1, -0.05) is 6.07 Å². The Balaban J connectivity index is 3.07. The number of aliphatic hydroxyl groups excluding tert-OH is 1. The zero-order valence-electron chi connectivity index (χ0n) is 9.13. The van der Waals surface area contributed by atoms with Gasteiger partial charge >= 0.3 is 6.18 Å². The first-order valence-electron chi connectivity index (χ1n) is 5.00. The first-order valence-corrected chi connectivity index (χ1v) is 5.00. The van der Waals surface area contributed by atoms with Crippen LogP contribution in [0.4, 0.5) is 17.6 Å². The van der Waals surface area contributed by atoms with E-state index in [1.165, 1.54) is 0 Å². The molecule has 0 aliphatic heterocycles. The summed E-state index contributed by atoms with van der Waals surface area (Å²) in [6, 6.07) is 3.07. The van der Waals surface area contributed by atoms with Crippen molar-refractivity contribution < 1.29 is 22.7 Å². The standard InChI is InChI=1S/C11H10F4N2O/c12-9-2-1-7(5-8(9)11(13,14)15)10(6-16)17-3-4-18/h1-2,5,10,17-18H,3-4H2. The van der Waals surface area contributed by atoms with E-state index in [2.05, 4.69) is 5.32 Å². The Morgan fingerprint density at radius 2 is 2.06 bits per heavy atom. The molecule has 1 atom stereocenters. The van der Waals surface area contributed by atoms with Crippen LogP contribution in [0.1, 0.15) is 17.2 Å². The van der Waals surface area contributed by atoms with Crippen LogP contribution in [0.3, 0.4) is 0 Å². The monoisotopic (exact) mass is 262 g/mol. The van der Waals surface area contributed by atoms with Gasteiger partial charge in [0.15, 0.2) is 0 Å². The van der Waals surface area contributed by atoms with Crippen LogP contribution in [0.15, 0.2) is 18.2 Å². The summed E-state index contributed by atoms with van der Waals surface area (Å²) >= 11 is 0. The summed E-state index contributed by atoms with van der Waals surface area (Å²) in [5, 5.41) is 19.9. The average Bonchev–Trinajstić information content (AvgIpc) is 2.30. The summed E-state index contributed by atoms with van der Waals surface area (Å²) in [6.45, 7) is -0.206. The highest BCUT2D eigenvalue weighted by Crippen LogP contribution is 2.32. The van der Waals surface area contributed by atoms with Crippen molar-refractivity contribution in [2.45, 2.75) is 12.2 Å². The molecule has 1 aromatic carbocycles. The fourth-order valence-corrected chi connectivity index (χ4v) is 1.39. The Bertz CT molecular complexity index is 453. The van der Waals surface area contributed by atoms with Crippen LogP contribution in [0.2, 0.25) is 0 Å². The van der Waals surface area contributed by atoms with Gasteiger partial charge in [-0.25, -0.2) is 4.39 Å². The average molecular weight is 262 g/mol. The number of hydrogen-bond acceptors (Lipinski definition) is 3. The molecule has 7 heteroatoms. The van der Waals surface area contributed by atoms with Gasteiger partial charge in [-0.15, -0.1) is 0 Å². The maximum atomic E-state index is 13.0. The Morgan fingerprint density at radius 1 is 1.39 bits per heavy atom. The number of nitrogens with zero attached hydrogens (tertiary/aromatic N) is 1. The summed E-state index contributed by atoms with van der Waals surface area (Å²) in [6.07, 6.45) is -4.81. The minimum atomic E-state index is -4.81. The van der Waals surface area contributed by atoms with Gasteiger partial charge < -0.3 is 5.11 Å².